The lowest BCUT2D eigenvalue weighted by Crippen LogP contribution is -1.73. The third kappa shape index (κ3) is 0.760. The normalized spacial score (nSPS) is 11.4. The smallest absolute Gasteiger partial charge is 0.0701 e. The maximum atomic E-state index is 7.52. The highest BCUT2D eigenvalue weighted by Gasteiger charge is 1.86. The predicted octanol–water partition coefficient (Wildman–Crippen LogP) is 2.23. The van der Waals surface area contributed by atoms with Gasteiger partial charge >= 0.3 is 0 Å². The van der Waals surface area contributed by atoms with E-state index in [2.05, 4.69) is 4.98 Å². The van der Waals surface area contributed by atoms with Crippen LogP contribution in [0.25, 0.3) is 10.9 Å². The highest BCUT2D eigenvalue weighted by molar-refractivity contribution is 5.77. The molecule has 0 fully saturated rings. The zero-order valence-corrected chi connectivity index (χ0v) is 5.41. The van der Waals surface area contributed by atoms with Gasteiger partial charge in [-0.05, 0) is 12.1 Å². The Morgan fingerprint density at radius 3 is 3.00 bits per heavy atom. The van der Waals surface area contributed by atoms with Crippen LogP contribution in [0, 0.1) is 0 Å². The zero-order valence-electron chi connectivity index (χ0n) is 6.41. The number of hydrogen-bond acceptors (Lipinski definition) is 1. The summed E-state index contributed by atoms with van der Waals surface area (Å²) in [5, 5.41) is 0.912. The van der Waals surface area contributed by atoms with Crippen molar-refractivity contribution in [2.45, 2.75) is 0 Å². The number of nitrogens with zero attached hydrogens (tertiary/aromatic N) is 1. The Bertz CT molecular complexity index is 379. The average Bonchev–Trinajstić information content (AvgIpc) is 2.06. The monoisotopic (exact) mass is 130 g/mol. The number of rotatable bonds is 0. The van der Waals surface area contributed by atoms with E-state index in [1.807, 2.05) is 24.3 Å². The van der Waals surface area contributed by atoms with Crippen LogP contribution in [0.1, 0.15) is 1.37 Å². The van der Waals surface area contributed by atoms with Crippen LogP contribution in [0.2, 0.25) is 0 Å². The molecule has 0 N–H and O–H groups in total. The maximum Gasteiger partial charge on any atom is 0.0701 e. The van der Waals surface area contributed by atoms with Crippen LogP contribution in [-0.2, 0) is 0 Å². The molecular weight excluding hydrogens is 122 g/mol. The Labute approximate surface area is 60.7 Å². The lowest BCUT2D eigenvalue weighted by atomic mass is 10.2. The zero-order chi connectivity index (χ0) is 7.68. The number of para-hydroxylation sites is 1. The van der Waals surface area contributed by atoms with Crippen molar-refractivity contribution in [3.63, 3.8) is 0 Å². The molecule has 0 unspecified atom stereocenters. The van der Waals surface area contributed by atoms with Crippen LogP contribution >= 0.6 is 0 Å². The molecule has 0 amide bonds. The number of aromatic nitrogens is 1. The van der Waals surface area contributed by atoms with E-state index >= 15 is 0 Å². The number of hydrogen-bond donors (Lipinski definition) is 0. The summed E-state index contributed by atoms with van der Waals surface area (Å²) in [4.78, 5) is 4.12. The third-order valence-electron chi connectivity index (χ3n) is 1.43. The highest BCUT2D eigenvalue weighted by atomic mass is 14.6. The molecule has 0 aliphatic rings. The number of fused-ring (bicyclic) bond motifs is 1. The Balaban J connectivity index is 2.91. The molecule has 0 atom stereocenters. The van der Waals surface area contributed by atoms with Crippen molar-refractivity contribution >= 4 is 10.9 Å². The second-order valence-electron chi connectivity index (χ2n) is 2.11. The lowest BCUT2D eigenvalue weighted by Gasteiger charge is -1.91. The van der Waals surface area contributed by atoms with Gasteiger partial charge in [-0.3, -0.25) is 4.98 Å². The number of pyridine rings is 1. The molecular formula is C9H7N. The molecule has 0 bridgehead atoms. The van der Waals surface area contributed by atoms with Gasteiger partial charge in [0.15, 0.2) is 0 Å². The molecule has 0 aliphatic heterocycles. The van der Waals surface area contributed by atoms with Crippen LogP contribution in [0.4, 0.5) is 0 Å². The van der Waals surface area contributed by atoms with Crippen molar-refractivity contribution in [2.75, 3.05) is 0 Å². The summed E-state index contributed by atoms with van der Waals surface area (Å²) in [7, 11) is 0. The molecule has 10 heavy (non-hydrogen) atoms. The molecule has 1 aromatic heterocycles. The minimum Gasteiger partial charge on any atom is -0.256 e. The highest BCUT2D eigenvalue weighted by Crippen LogP contribution is 2.07. The fraction of sp³-hybridized carbons (Fsp3) is 0. The maximum absolute atomic E-state index is 7.52. The van der Waals surface area contributed by atoms with Gasteiger partial charge in [0.05, 0.1) is 6.89 Å². The van der Waals surface area contributed by atoms with Crippen LogP contribution in [0.3, 0.4) is 0 Å². The van der Waals surface area contributed by atoms with Crippen LogP contribution in [0.15, 0.2) is 42.6 Å². The SMILES string of the molecule is [2H]c1ccnc2ccccc12. The molecule has 0 saturated carbocycles. The van der Waals surface area contributed by atoms with Gasteiger partial charge in [0.2, 0.25) is 0 Å². The molecule has 0 spiro atoms. The minimum absolute atomic E-state index is 0.538. The standard InChI is InChI=1S/C9H7N/c1-2-6-9-8(4-1)5-3-7-10-9/h1-7H/i5D. The first kappa shape index (κ1) is 4.45. The van der Waals surface area contributed by atoms with E-state index in [-0.39, 0.29) is 0 Å². The Kier molecular flexibility index (Phi) is 0.935. The minimum atomic E-state index is 0.538. The van der Waals surface area contributed by atoms with Crippen LogP contribution in [-0.4, -0.2) is 4.98 Å². The number of benzene rings is 1. The predicted molar refractivity (Wildman–Crippen MR) is 41.7 cm³/mol. The fourth-order valence-corrected chi connectivity index (χ4v) is 0.953. The van der Waals surface area contributed by atoms with E-state index in [0.29, 0.717) is 6.04 Å². The Morgan fingerprint density at radius 2 is 2.10 bits per heavy atom. The van der Waals surface area contributed by atoms with E-state index in [1.165, 1.54) is 0 Å². The Morgan fingerprint density at radius 1 is 1.20 bits per heavy atom. The average molecular weight is 130 g/mol. The molecule has 48 valence electrons. The van der Waals surface area contributed by atoms with Gasteiger partial charge < -0.3 is 0 Å². The topological polar surface area (TPSA) is 12.9 Å². The van der Waals surface area contributed by atoms with Gasteiger partial charge in [-0.15, -0.1) is 0 Å². The summed E-state index contributed by atoms with van der Waals surface area (Å²) in [5.41, 5.74) is 0.889. The second kappa shape index (κ2) is 2.10. The molecule has 2 aromatic rings. The molecule has 0 radical (unpaired) electrons. The molecule has 1 aromatic carbocycles. The first-order valence-corrected chi connectivity index (χ1v) is 3.18. The molecule has 0 aliphatic carbocycles. The molecule has 1 heterocycles. The first-order chi connectivity index (χ1) is 5.38. The van der Waals surface area contributed by atoms with Crippen molar-refractivity contribution in [1.29, 1.82) is 0 Å². The summed E-state index contributed by atoms with van der Waals surface area (Å²) < 4.78 is 7.52. The van der Waals surface area contributed by atoms with E-state index in [1.54, 1.807) is 12.3 Å². The van der Waals surface area contributed by atoms with Crippen LogP contribution in [0.5, 0.6) is 0 Å². The van der Waals surface area contributed by atoms with E-state index in [0.717, 1.165) is 10.9 Å². The van der Waals surface area contributed by atoms with E-state index < -0.39 is 0 Å². The largest absolute Gasteiger partial charge is 0.256 e. The first-order valence-electron chi connectivity index (χ1n) is 3.68. The van der Waals surface area contributed by atoms with Gasteiger partial charge in [0, 0.05) is 11.6 Å². The second-order valence-corrected chi connectivity index (χ2v) is 2.11. The molecule has 1 heteroatoms. The van der Waals surface area contributed by atoms with Crippen LogP contribution < -0.4 is 0 Å². The molecule has 2 rings (SSSR count). The Hall–Kier alpha value is -1.37. The summed E-state index contributed by atoms with van der Waals surface area (Å²) >= 11 is 0. The van der Waals surface area contributed by atoms with Gasteiger partial charge in [-0.1, -0.05) is 24.2 Å². The summed E-state index contributed by atoms with van der Waals surface area (Å²) in [6, 6.07) is 9.90. The lowest BCUT2D eigenvalue weighted by molar-refractivity contribution is 1.41. The van der Waals surface area contributed by atoms with Crippen molar-refractivity contribution in [3.8, 4) is 0 Å². The third-order valence-corrected chi connectivity index (χ3v) is 1.43. The summed E-state index contributed by atoms with van der Waals surface area (Å²) in [5.74, 6) is 0. The van der Waals surface area contributed by atoms with Gasteiger partial charge in [0.25, 0.3) is 0 Å². The quantitative estimate of drug-likeness (QED) is 0.533. The van der Waals surface area contributed by atoms with E-state index in [4.69, 9.17) is 1.37 Å². The van der Waals surface area contributed by atoms with Crippen molar-refractivity contribution < 1.29 is 1.37 Å². The summed E-state index contributed by atoms with van der Waals surface area (Å²) in [6.45, 7) is 0. The summed E-state index contributed by atoms with van der Waals surface area (Å²) in [6.07, 6.45) is 1.66. The van der Waals surface area contributed by atoms with Gasteiger partial charge in [-0.25, -0.2) is 0 Å². The van der Waals surface area contributed by atoms with Gasteiger partial charge in [0.1, 0.15) is 0 Å². The van der Waals surface area contributed by atoms with Crippen molar-refractivity contribution in [2.24, 2.45) is 0 Å². The van der Waals surface area contributed by atoms with Crippen molar-refractivity contribution in [1.82, 2.24) is 4.98 Å². The van der Waals surface area contributed by atoms with Crippen molar-refractivity contribution in [3.05, 3.63) is 42.6 Å². The molecule has 1 nitrogen and oxygen atoms in total. The van der Waals surface area contributed by atoms with Gasteiger partial charge in [-0.2, -0.15) is 0 Å². The molecule has 0 saturated heterocycles. The van der Waals surface area contributed by atoms with E-state index in [9.17, 15) is 0 Å². The fourth-order valence-electron chi connectivity index (χ4n) is 0.953.